The predicted octanol–water partition coefficient (Wildman–Crippen LogP) is 13.6. The van der Waals surface area contributed by atoms with Crippen LogP contribution in [0.5, 0.6) is 0 Å². The Hall–Kier alpha value is -4.61. The maximum absolute atomic E-state index is 8.79. The Bertz CT molecular complexity index is 2840. The number of furan rings is 1. The van der Waals surface area contributed by atoms with E-state index in [1.165, 1.54) is 22.9 Å². The fourth-order valence-corrected chi connectivity index (χ4v) is 8.73. The van der Waals surface area contributed by atoms with Crippen LogP contribution in [0.4, 0.5) is 0 Å². The number of imidazole rings is 1. The fourth-order valence-electron chi connectivity index (χ4n) is 7.34. The van der Waals surface area contributed by atoms with Gasteiger partial charge in [0.05, 0.1) is 30.5 Å². The molecule has 5 aromatic carbocycles. The molecule has 0 saturated carbocycles. The molecule has 8 rings (SSSR count). The number of aryl methyl sites for hydroxylation is 1. The second-order valence-electron chi connectivity index (χ2n) is 17.3. The molecule has 0 aliphatic heterocycles. The van der Waals surface area contributed by atoms with Crippen molar-refractivity contribution < 1.29 is 31.4 Å². The summed E-state index contributed by atoms with van der Waals surface area (Å²) in [5.41, 5.74) is 10.1. The average molecular weight is 951 g/mol. The number of hydrogen-bond donors (Lipinski definition) is 0. The predicted molar refractivity (Wildman–Crippen MR) is 240 cm³/mol. The minimum absolute atomic E-state index is 0. The number of fused-ring (bicyclic) bond motifs is 4. The second-order valence-corrected chi connectivity index (χ2v) is 22.3. The van der Waals surface area contributed by atoms with E-state index in [9.17, 15) is 0 Å². The molecule has 57 heavy (non-hydrogen) atoms. The van der Waals surface area contributed by atoms with E-state index in [0.29, 0.717) is 28.7 Å². The Kier molecular flexibility index (Phi) is 10.4. The number of pyridine rings is 1. The van der Waals surface area contributed by atoms with E-state index in [0.717, 1.165) is 49.5 Å². The summed E-state index contributed by atoms with van der Waals surface area (Å²) in [7, 11) is -1.81. The zero-order valence-electron chi connectivity index (χ0n) is 39.6. The number of rotatable bonds is 7. The average Bonchev–Trinajstić information content (AvgIpc) is 3.78. The molecule has 0 bridgehead atoms. The maximum atomic E-state index is 8.79. The van der Waals surface area contributed by atoms with E-state index in [1.807, 2.05) is 51.1 Å². The van der Waals surface area contributed by atoms with E-state index in [2.05, 4.69) is 124 Å². The van der Waals surface area contributed by atoms with E-state index >= 15 is 0 Å². The SMILES string of the molecule is CC(C)c1cccc(C(C)C)c1-n1c(-c2[c-]ccc3c2oc2ccccc23)nc2ccccc21.[2H]C([2H])([2H])c1c[c-]c(-c2cc(C([2H])([2H])C(C)(C)C)c([Si](C)(C)C)cn2)cc1.[Ir]. The van der Waals surface area contributed by atoms with Crippen LogP contribution in [0.3, 0.4) is 0 Å². The standard InChI is InChI=1S/C31H27N2O.C20H28NSi.Ir/c1-19(2)21-12-9-13-22(20(3)4)29(21)33-27-17-7-6-16-26(27)32-31(33)25-15-10-14-24-23-11-5-8-18-28(23)34-30(24)25;1-15-8-10-16(11-9-15)18-12-17(13-20(2,3)4)19(14-21-18)22(5,6)7;/h5-14,16-20H,1-4H3;8-10,12,14H,13H2,1-7H3;/q2*-1;/i;1D3,13D2;. The third kappa shape index (κ3) is 8.79. The Balaban J connectivity index is 0.000000210. The van der Waals surface area contributed by atoms with Gasteiger partial charge in [-0.1, -0.05) is 146 Å². The quantitative estimate of drug-likeness (QED) is 0.118. The third-order valence-corrected chi connectivity index (χ3v) is 12.0. The van der Waals surface area contributed by atoms with Crippen LogP contribution in [-0.2, 0) is 26.5 Å². The van der Waals surface area contributed by atoms with Crippen LogP contribution in [0.1, 0.15) is 89.4 Å². The number of aromatic nitrogens is 3. The summed E-state index contributed by atoms with van der Waals surface area (Å²) >= 11 is 0. The van der Waals surface area contributed by atoms with E-state index in [-0.39, 0.29) is 25.7 Å². The smallest absolute Gasteiger partial charge is 0.120 e. The van der Waals surface area contributed by atoms with Crippen molar-refractivity contribution in [2.75, 3.05) is 0 Å². The van der Waals surface area contributed by atoms with Crippen molar-refractivity contribution in [1.29, 1.82) is 0 Å². The van der Waals surface area contributed by atoms with Gasteiger partial charge in [0.1, 0.15) is 5.58 Å². The molecule has 1 radical (unpaired) electrons. The van der Waals surface area contributed by atoms with E-state index in [4.69, 9.17) is 16.3 Å². The molecule has 0 atom stereocenters. The number of hydrogen-bond acceptors (Lipinski definition) is 3. The van der Waals surface area contributed by atoms with Crippen LogP contribution >= 0.6 is 0 Å². The topological polar surface area (TPSA) is 43.9 Å². The Morgan fingerprint density at radius 2 is 1.54 bits per heavy atom. The minimum Gasteiger partial charge on any atom is -0.501 e. The summed E-state index contributed by atoms with van der Waals surface area (Å²) in [6.45, 7) is 19.1. The van der Waals surface area contributed by atoms with Gasteiger partial charge in [-0.3, -0.25) is 4.98 Å². The van der Waals surface area contributed by atoms with Gasteiger partial charge in [0.2, 0.25) is 0 Å². The molecule has 0 amide bonds. The van der Waals surface area contributed by atoms with Crippen LogP contribution in [-0.4, -0.2) is 22.6 Å². The van der Waals surface area contributed by atoms with Crippen LogP contribution in [0, 0.1) is 24.4 Å². The number of benzene rings is 5. The normalized spacial score (nSPS) is 13.8. The van der Waals surface area contributed by atoms with Gasteiger partial charge in [-0.25, -0.2) is 0 Å². The summed E-state index contributed by atoms with van der Waals surface area (Å²) < 4.78 is 48.8. The van der Waals surface area contributed by atoms with Crippen LogP contribution in [0.25, 0.3) is 61.3 Å². The van der Waals surface area contributed by atoms with E-state index < -0.39 is 26.7 Å². The molecule has 0 saturated heterocycles. The minimum atomic E-state index is -2.17. The summed E-state index contributed by atoms with van der Waals surface area (Å²) in [5.74, 6) is 1.60. The molecule has 0 unspecified atom stereocenters. The van der Waals surface area contributed by atoms with Crippen molar-refractivity contribution in [3.8, 4) is 28.3 Å². The number of nitrogens with zero attached hydrogens (tertiary/aromatic N) is 3. The molecular formula is C51H55IrN3OSi-2. The summed E-state index contributed by atoms with van der Waals surface area (Å²) in [5, 5.41) is 3.20. The molecule has 6 heteroatoms. The van der Waals surface area contributed by atoms with Gasteiger partial charge < -0.3 is 14.0 Å². The summed E-state index contributed by atoms with van der Waals surface area (Å²) in [4.78, 5) is 9.71. The molecule has 0 fully saturated rings. The molecule has 8 aromatic rings. The molecule has 3 heterocycles. The van der Waals surface area contributed by atoms with Gasteiger partial charge in [0.25, 0.3) is 0 Å². The van der Waals surface area contributed by atoms with Gasteiger partial charge >= 0.3 is 0 Å². The van der Waals surface area contributed by atoms with Crippen molar-refractivity contribution in [2.24, 2.45) is 5.41 Å². The van der Waals surface area contributed by atoms with Gasteiger partial charge in [-0.15, -0.1) is 53.6 Å². The first-order chi connectivity index (χ1) is 28.6. The molecule has 4 nitrogen and oxygen atoms in total. The number of para-hydroxylation sites is 4. The fraction of sp³-hybridized carbons (Fsp3) is 0.294. The Morgan fingerprint density at radius 1 is 0.842 bits per heavy atom. The maximum Gasteiger partial charge on any atom is 0.120 e. The van der Waals surface area contributed by atoms with Crippen molar-refractivity contribution in [3.05, 3.63) is 144 Å². The third-order valence-electron chi connectivity index (χ3n) is 10.00. The largest absolute Gasteiger partial charge is 0.501 e. The zero-order valence-corrected chi connectivity index (χ0v) is 38.0. The first-order valence-electron chi connectivity index (χ1n) is 22.1. The van der Waals surface area contributed by atoms with Crippen molar-refractivity contribution in [3.63, 3.8) is 0 Å². The molecule has 0 aliphatic carbocycles. The monoisotopic (exact) mass is 951 g/mol. The van der Waals surface area contributed by atoms with Crippen LogP contribution < -0.4 is 5.19 Å². The van der Waals surface area contributed by atoms with Crippen molar-refractivity contribution >= 4 is 46.2 Å². The van der Waals surface area contributed by atoms with Crippen molar-refractivity contribution in [2.45, 2.75) is 93.2 Å². The molecular weight excluding hydrogens is 891 g/mol. The Labute approximate surface area is 361 Å². The molecule has 0 N–H and O–H groups in total. The second kappa shape index (κ2) is 16.7. The molecule has 295 valence electrons. The van der Waals surface area contributed by atoms with Crippen molar-refractivity contribution in [1.82, 2.24) is 14.5 Å². The zero-order chi connectivity index (χ0) is 44.2. The summed E-state index contributed by atoms with van der Waals surface area (Å²) in [6, 6.07) is 40.3. The Morgan fingerprint density at radius 3 is 2.19 bits per heavy atom. The molecule has 0 aliphatic rings. The van der Waals surface area contributed by atoms with E-state index in [1.54, 1.807) is 18.3 Å². The first-order valence-corrected chi connectivity index (χ1v) is 23.1. The van der Waals surface area contributed by atoms with Gasteiger partial charge in [-0.2, -0.15) is 0 Å². The first kappa shape index (κ1) is 35.5. The van der Waals surface area contributed by atoms with Crippen LogP contribution in [0.15, 0.2) is 114 Å². The van der Waals surface area contributed by atoms with Crippen LogP contribution in [0.2, 0.25) is 19.6 Å². The van der Waals surface area contributed by atoms with Gasteiger partial charge in [0, 0.05) is 44.2 Å². The molecule has 0 spiro atoms. The summed E-state index contributed by atoms with van der Waals surface area (Å²) in [6.07, 6.45) is 0.269. The van der Waals surface area contributed by atoms with Gasteiger partial charge in [-0.05, 0) is 63.8 Å². The van der Waals surface area contributed by atoms with Gasteiger partial charge in [0.15, 0.2) is 0 Å². The molecule has 3 aromatic heterocycles.